The van der Waals surface area contributed by atoms with Crippen LogP contribution < -0.4 is 0 Å². The normalized spacial score (nSPS) is 13.5. The van der Waals surface area contributed by atoms with Crippen LogP contribution >= 0.6 is 15.9 Å². The SMILES string of the molecule is CCCCCCOC(=O)[C@H](F)[C@@H](Br)C(=O)OCCCCCC. The summed E-state index contributed by atoms with van der Waals surface area (Å²) in [6.45, 7) is 4.60. The highest BCUT2D eigenvalue weighted by Crippen LogP contribution is 2.14. The van der Waals surface area contributed by atoms with Crippen LogP contribution in [0.15, 0.2) is 0 Å². The molecule has 0 spiro atoms. The van der Waals surface area contributed by atoms with E-state index >= 15 is 0 Å². The Morgan fingerprint density at radius 3 is 1.77 bits per heavy atom. The molecule has 0 fully saturated rings. The highest BCUT2D eigenvalue weighted by molar-refractivity contribution is 9.10. The van der Waals surface area contributed by atoms with Gasteiger partial charge in [0.1, 0.15) is 0 Å². The van der Waals surface area contributed by atoms with E-state index < -0.39 is 22.9 Å². The Kier molecular flexibility index (Phi) is 13.6. The van der Waals surface area contributed by atoms with Crippen LogP contribution in [0.25, 0.3) is 0 Å². The lowest BCUT2D eigenvalue weighted by Gasteiger charge is -2.14. The molecule has 0 aromatic rings. The zero-order chi connectivity index (χ0) is 16.8. The van der Waals surface area contributed by atoms with E-state index in [2.05, 4.69) is 29.8 Å². The minimum Gasteiger partial charge on any atom is -0.465 e. The first-order valence-electron chi connectivity index (χ1n) is 8.16. The molecular weight excluding hydrogens is 355 g/mol. The molecule has 130 valence electrons. The number of hydrogen-bond acceptors (Lipinski definition) is 4. The van der Waals surface area contributed by atoms with Crippen molar-refractivity contribution in [1.29, 1.82) is 0 Å². The molecule has 0 saturated carbocycles. The van der Waals surface area contributed by atoms with Gasteiger partial charge >= 0.3 is 11.9 Å². The predicted molar refractivity (Wildman–Crippen MR) is 87.8 cm³/mol. The van der Waals surface area contributed by atoms with Crippen molar-refractivity contribution in [2.45, 2.75) is 76.2 Å². The second kappa shape index (κ2) is 14.0. The van der Waals surface area contributed by atoms with Crippen LogP contribution in [0.1, 0.15) is 65.2 Å². The highest BCUT2D eigenvalue weighted by atomic mass is 79.9. The Balaban J connectivity index is 3.88. The molecule has 4 nitrogen and oxygen atoms in total. The number of ether oxygens (including phenoxy) is 2. The summed E-state index contributed by atoms with van der Waals surface area (Å²) in [5.41, 5.74) is 0. The Morgan fingerprint density at radius 2 is 1.32 bits per heavy atom. The fourth-order valence-electron chi connectivity index (χ4n) is 1.80. The lowest BCUT2D eigenvalue weighted by Crippen LogP contribution is -2.35. The van der Waals surface area contributed by atoms with Gasteiger partial charge in [0.25, 0.3) is 0 Å². The van der Waals surface area contributed by atoms with E-state index in [0.29, 0.717) is 6.42 Å². The average molecular weight is 383 g/mol. The van der Waals surface area contributed by atoms with Crippen molar-refractivity contribution in [3.05, 3.63) is 0 Å². The molecule has 2 atom stereocenters. The summed E-state index contributed by atoms with van der Waals surface area (Å²) in [5, 5.41) is 0. The Morgan fingerprint density at radius 1 is 0.864 bits per heavy atom. The standard InChI is InChI=1S/C16H28BrFO4/c1-3-5-7-9-11-21-15(19)13(17)14(18)16(20)22-12-10-8-6-4-2/h13-14H,3-12H2,1-2H3/t13-,14-/m1/s1. The maximum absolute atomic E-state index is 13.8. The summed E-state index contributed by atoms with van der Waals surface area (Å²) in [5.74, 6) is -1.77. The number of esters is 2. The van der Waals surface area contributed by atoms with E-state index in [1.807, 2.05) is 0 Å². The summed E-state index contributed by atoms with van der Waals surface area (Å²) in [6, 6.07) is 0. The van der Waals surface area contributed by atoms with Crippen LogP contribution in [0.3, 0.4) is 0 Å². The third kappa shape index (κ3) is 10.1. The summed E-state index contributed by atoms with van der Waals surface area (Å²) in [4.78, 5) is 21.8. The average Bonchev–Trinajstić information content (AvgIpc) is 2.52. The number of hydrogen-bond donors (Lipinski definition) is 0. The van der Waals surface area contributed by atoms with Crippen molar-refractivity contribution in [3.8, 4) is 0 Å². The Labute approximate surface area is 141 Å². The van der Waals surface area contributed by atoms with Crippen LogP contribution in [0.2, 0.25) is 0 Å². The highest BCUT2D eigenvalue weighted by Gasteiger charge is 2.34. The van der Waals surface area contributed by atoms with E-state index in [0.717, 1.165) is 44.9 Å². The number of halogens is 2. The zero-order valence-electron chi connectivity index (χ0n) is 13.6. The quantitative estimate of drug-likeness (QED) is 0.270. The van der Waals surface area contributed by atoms with Crippen molar-refractivity contribution in [1.82, 2.24) is 0 Å². The Bertz CT molecular complexity index is 283. The molecule has 0 aliphatic rings. The lowest BCUT2D eigenvalue weighted by atomic mass is 10.2. The van der Waals surface area contributed by atoms with E-state index in [9.17, 15) is 14.0 Å². The molecule has 0 heterocycles. The van der Waals surface area contributed by atoms with Gasteiger partial charge in [0.2, 0.25) is 6.17 Å². The number of rotatable bonds is 13. The molecule has 0 bridgehead atoms. The Hall–Kier alpha value is -0.650. The molecule has 0 aromatic carbocycles. The summed E-state index contributed by atoms with van der Waals surface area (Å²) < 4.78 is 23.6. The number of unbranched alkanes of at least 4 members (excludes halogenated alkanes) is 6. The minimum absolute atomic E-state index is 0.186. The number of carbonyl (C=O) groups is 2. The van der Waals surface area contributed by atoms with Gasteiger partial charge in [-0.25, -0.2) is 9.18 Å². The molecular formula is C16H28BrFO4. The van der Waals surface area contributed by atoms with Gasteiger partial charge in [-0.05, 0) is 12.8 Å². The molecule has 0 aliphatic carbocycles. The van der Waals surface area contributed by atoms with E-state index in [-0.39, 0.29) is 13.2 Å². The fraction of sp³-hybridized carbons (Fsp3) is 0.875. The first-order chi connectivity index (χ1) is 10.5. The van der Waals surface area contributed by atoms with Gasteiger partial charge in [-0.2, -0.15) is 0 Å². The van der Waals surface area contributed by atoms with Crippen molar-refractivity contribution >= 4 is 27.9 Å². The fourth-order valence-corrected chi connectivity index (χ4v) is 2.15. The predicted octanol–water partition coefficient (Wildman–Crippen LogP) is 4.34. The smallest absolute Gasteiger partial charge is 0.342 e. The number of alkyl halides is 2. The molecule has 22 heavy (non-hydrogen) atoms. The van der Waals surface area contributed by atoms with Crippen LogP contribution in [0, 0.1) is 0 Å². The van der Waals surface area contributed by atoms with Crippen LogP contribution in [0.5, 0.6) is 0 Å². The van der Waals surface area contributed by atoms with Gasteiger partial charge in [0.15, 0.2) is 4.83 Å². The van der Waals surface area contributed by atoms with Gasteiger partial charge < -0.3 is 9.47 Å². The van der Waals surface area contributed by atoms with Crippen LogP contribution in [-0.2, 0) is 19.1 Å². The summed E-state index contributed by atoms with van der Waals surface area (Å²) in [6.07, 6.45) is 5.63. The molecule has 6 heteroatoms. The zero-order valence-corrected chi connectivity index (χ0v) is 15.2. The molecule has 0 amide bonds. The molecule has 0 aromatic heterocycles. The van der Waals surface area contributed by atoms with Crippen molar-refractivity contribution < 1.29 is 23.5 Å². The maximum atomic E-state index is 13.8. The summed E-state index contributed by atoms with van der Waals surface area (Å²) >= 11 is 2.88. The van der Waals surface area contributed by atoms with Crippen LogP contribution in [0.4, 0.5) is 4.39 Å². The topological polar surface area (TPSA) is 52.6 Å². The number of carbonyl (C=O) groups excluding carboxylic acids is 2. The largest absolute Gasteiger partial charge is 0.465 e. The van der Waals surface area contributed by atoms with Gasteiger partial charge in [0, 0.05) is 0 Å². The lowest BCUT2D eigenvalue weighted by molar-refractivity contribution is -0.155. The van der Waals surface area contributed by atoms with E-state index in [1.54, 1.807) is 0 Å². The van der Waals surface area contributed by atoms with Crippen molar-refractivity contribution in [2.24, 2.45) is 0 Å². The third-order valence-corrected chi connectivity index (χ3v) is 4.03. The molecule has 0 N–H and O–H groups in total. The van der Waals surface area contributed by atoms with Gasteiger partial charge in [-0.15, -0.1) is 0 Å². The molecule has 0 saturated heterocycles. The van der Waals surface area contributed by atoms with Gasteiger partial charge in [0.05, 0.1) is 13.2 Å². The first kappa shape index (κ1) is 21.4. The van der Waals surface area contributed by atoms with Gasteiger partial charge in [-0.1, -0.05) is 68.3 Å². The van der Waals surface area contributed by atoms with Crippen LogP contribution in [-0.4, -0.2) is 36.2 Å². The second-order valence-electron chi connectivity index (χ2n) is 5.26. The molecule has 0 radical (unpaired) electrons. The summed E-state index contributed by atoms with van der Waals surface area (Å²) in [7, 11) is 0. The van der Waals surface area contributed by atoms with E-state index in [1.165, 1.54) is 0 Å². The van der Waals surface area contributed by atoms with Crippen molar-refractivity contribution in [2.75, 3.05) is 13.2 Å². The molecule has 0 aliphatic heterocycles. The minimum atomic E-state index is -2.03. The third-order valence-electron chi connectivity index (χ3n) is 3.19. The second-order valence-corrected chi connectivity index (χ2v) is 6.25. The molecule has 0 unspecified atom stereocenters. The van der Waals surface area contributed by atoms with E-state index in [4.69, 9.17) is 9.47 Å². The maximum Gasteiger partial charge on any atom is 0.342 e. The first-order valence-corrected chi connectivity index (χ1v) is 9.07. The van der Waals surface area contributed by atoms with Crippen molar-refractivity contribution in [3.63, 3.8) is 0 Å². The van der Waals surface area contributed by atoms with Gasteiger partial charge in [-0.3, -0.25) is 4.79 Å². The monoisotopic (exact) mass is 382 g/mol. The molecule has 0 rings (SSSR count).